The maximum atomic E-state index is 6.20. The minimum Gasteiger partial charge on any atom is -0.493 e. The van der Waals surface area contributed by atoms with Crippen LogP contribution in [0, 0.1) is 0 Å². The third-order valence-corrected chi connectivity index (χ3v) is 4.02. The Morgan fingerprint density at radius 1 is 1.25 bits per heavy atom. The van der Waals surface area contributed by atoms with Gasteiger partial charge in [0.15, 0.2) is 11.5 Å². The Labute approximate surface area is 126 Å². The van der Waals surface area contributed by atoms with E-state index in [2.05, 4.69) is 0 Å². The molecule has 4 heteroatoms. The lowest BCUT2D eigenvalue weighted by Gasteiger charge is -2.19. The SMILES string of the molecule is COc1cc(Cl)cc(CCCCN)c1OC1CCCC1. The molecule has 2 N–H and O–H groups in total. The second-order valence-corrected chi connectivity index (χ2v) is 5.80. The van der Waals surface area contributed by atoms with E-state index in [4.69, 9.17) is 26.8 Å². The molecule has 1 aromatic carbocycles. The number of nitrogens with two attached hydrogens (primary N) is 1. The molecule has 0 saturated heterocycles. The van der Waals surface area contributed by atoms with E-state index in [9.17, 15) is 0 Å². The van der Waals surface area contributed by atoms with Crippen LogP contribution in [0.3, 0.4) is 0 Å². The molecule has 0 aromatic heterocycles. The Kier molecular flexibility index (Phi) is 5.99. The van der Waals surface area contributed by atoms with Crippen LogP contribution in [0.5, 0.6) is 11.5 Å². The second kappa shape index (κ2) is 7.75. The smallest absolute Gasteiger partial charge is 0.164 e. The Morgan fingerprint density at radius 3 is 2.65 bits per heavy atom. The fourth-order valence-corrected chi connectivity index (χ4v) is 2.96. The Morgan fingerprint density at radius 2 is 2.00 bits per heavy atom. The molecule has 0 heterocycles. The second-order valence-electron chi connectivity index (χ2n) is 5.37. The Bertz CT molecular complexity index is 431. The van der Waals surface area contributed by atoms with Crippen molar-refractivity contribution in [3.05, 3.63) is 22.7 Å². The zero-order valence-electron chi connectivity index (χ0n) is 12.2. The minimum absolute atomic E-state index is 0.318. The first-order chi connectivity index (χ1) is 9.74. The zero-order valence-corrected chi connectivity index (χ0v) is 12.9. The van der Waals surface area contributed by atoms with Crippen molar-refractivity contribution in [2.45, 2.75) is 51.0 Å². The molecule has 1 saturated carbocycles. The van der Waals surface area contributed by atoms with E-state index in [1.165, 1.54) is 12.8 Å². The van der Waals surface area contributed by atoms with Gasteiger partial charge < -0.3 is 15.2 Å². The molecule has 0 radical (unpaired) electrons. The molecule has 0 spiro atoms. The monoisotopic (exact) mass is 297 g/mol. The fraction of sp³-hybridized carbons (Fsp3) is 0.625. The summed E-state index contributed by atoms with van der Waals surface area (Å²) in [4.78, 5) is 0. The highest BCUT2D eigenvalue weighted by Crippen LogP contribution is 2.38. The molecule has 0 amide bonds. The molecule has 1 aliphatic carbocycles. The quantitative estimate of drug-likeness (QED) is 0.775. The number of rotatable bonds is 7. The Hall–Kier alpha value is -0.930. The summed E-state index contributed by atoms with van der Waals surface area (Å²) in [5, 5.41) is 0.698. The molecule has 2 rings (SSSR count). The lowest BCUT2D eigenvalue weighted by molar-refractivity contribution is 0.198. The van der Waals surface area contributed by atoms with Gasteiger partial charge in [-0.2, -0.15) is 0 Å². The summed E-state index contributed by atoms with van der Waals surface area (Å²) in [5.41, 5.74) is 6.70. The highest BCUT2D eigenvalue weighted by atomic mass is 35.5. The third-order valence-electron chi connectivity index (χ3n) is 3.80. The van der Waals surface area contributed by atoms with Crippen LogP contribution >= 0.6 is 11.6 Å². The van der Waals surface area contributed by atoms with E-state index in [1.54, 1.807) is 7.11 Å². The van der Waals surface area contributed by atoms with Crippen molar-refractivity contribution in [2.75, 3.05) is 13.7 Å². The predicted molar refractivity (Wildman–Crippen MR) is 82.9 cm³/mol. The molecular formula is C16H24ClNO2. The summed E-state index contributed by atoms with van der Waals surface area (Å²) in [7, 11) is 1.66. The molecule has 1 aliphatic rings. The number of unbranched alkanes of at least 4 members (excludes halogenated alkanes) is 1. The van der Waals surface area contributed by atoms with Gasteiger partial charge in [0.2, 0.25) is 0 Å². The van der Waals surface area contributed by atoms with Crippen molar-refractivity contribution in [2.24, 2.45) is 5.73 Å². The lowest BCUT2D eigenvalue weighted by atomic mass is 10.1. The van der Waals surface area contributed by atoms with Crippen LogP contribution in [0.1, 0.15) is 44.1 Å². The third kappa shape index (κ3) is 4.03. The van der Waals surface area contributed by atoms with E-state index >= 15 is 0 Å². The number of methoxy groups -OCH3 is 1. The first-order valence-corrected chi connectivity index (χ1v) is 7.85. The van der Waals surface area contributed by atoms with Gasteiger partial charge >= 0.3 is 0 Å². The van der Waals surface area contributed by atoms with Crippen molar-refractivity contribution in [3.8, 4) is 11.5 Å². The van der Waals surface area contributed by atoms with Crippen molar-refractivity contribution in [1.82, 2.24) is 0 Å². The van der Waals surface area contributed by atoms with Crippen LogP contribution in [0.25, 0.3) is 0 Å². The fourth-order valence-electron chi connectivity index (χ4n) is 2.73. The number of aryl methyl sites for hydroxylation is 1. The normalized spacial score (nSPS) is 15.6. The molecule has 0 unspecified atom stereocenters. The summed E-state index contributed by atoms with van der Waals surface area (Å²) >= 11 is 6.17. The molecule has 1 fully saturated rings. The van der Waals surface area contributed by atoms with Crippen LogP contribution < -0.4 is 15.2 Å². The molecular weight excluding hydrogens is 274 g/mol. The minimum atomic E-state index is 0.318. The summed E-state index contributed by atoms with van der Waals surface area (Å²) in [6, 6.07) is 3.82. The summed E-state index contributed by atoms with van der Waals surface area (Å²) in [6.07, 6.45) is 8.07. The van der Waals surface area contributed by atoms with Gasteiger partial charge in [-0.1, -0.05) is 11.6 Å². The van der Waals surface area contributed by atoms with Crippen LogP contribution in [0.4, 0.5) is 0 Å². The highest BCUT2D eigenvalue weighted by molar-refractivity contribution is 6.30. The van der Waals surface area contributed by atoms with Gasteiger partial charge in [0.1, 0.15) is 0 Å². The number of ether oxygens (including phenoxy) is 2. The van der Waals surface area contributed by atoms with E-state index in [-0.39, 0.29) is 0 Å². The highest BCUT2D eigenvalue weighted by Gasteiger charge is 2.21. The Balaban J connectivity index is 2.19. The number of hydrogen-bond acceptors (Lipinski definition) is 3. The number of hydrogen-bond donors (Lipinski definition) is 1. The average Bonchev–Trinajstić information content (AvgIpc) is 2.94. The van der Waals surface area contributed by atoms with E-state index in [1.807, 2.05) is 12.1 Å². The van der Waals surface area contributed by atoms with Gasteiger partial charge in [-0.3, -0.25) is 0 Å². The molecule has 0 bridgehead atoms. The molecule has 0 atom stereocenters. The maximum Gasteiger partial charge on any atom is 0.164 e. The standard InChI is InChI=1S/C16H24ClNO2/c1-19-15-11-13(17)10-12(6-4-5-9-18)16(15)20-14-7-2-3-8-14/h10-11,14H,2-9,18H2,1H3. The summed E-state index contributed by atoms with van der Waals surface area (Å²) in [6.45, 7) is 0.719. The van der Waals surface area contributed by atoms with Crippen molar-refractivity contribution in [1.29, 1.82) is 0 Å². The summed E-state index contributed by atoms with van der Waals surface area (Å²) < 4.78 is 11.6. The van der Waals surface area contributed by atoms with Gasteiger partial charge in [0.25, 0.3) is 0 Å². The zero-order chi connectivity index (χ0) is 14.4. The van der Waals surface area contributed by atoms with Gasteiger partial charge in [-0.15, -0.1) is 0 Å². The van der Waals surface area contributed by atoms with Crippen molar-refractivity contribution < 1.29 is 9.47 Å². The topological polar surface area (TPSA) is 44.5 Å². The predicted octanol–water partition coefficient (Wildman–Crippen LogP) is 3.95. The number of halogens is 1. The molecule has 3 nitrogen and oxygen atoms in total. The van der Waals surface area contributed by atoms with Crippen LogP contribution in [0.15, 0.2) is 12.1 Å². The molecule has 1 aromatic rings. The van der Waals surface area contributed by atoms with Gasteiger partial charge in [-0.05, 0) is 63.1 Å². The largest absolute Gasteiger partial charge is 0.493 e. The van der Waals surface area contributed by atoms with Gasteiger partial charge in [-0.25, -0.2) is 0 Å². The average molecular weight is 298 g/mol. The first-order valence-electron chi connectivity index (χ1n) is 7.47. The van der Waals surface area contributed by atoms with E-state index < -0.39 is 0 Å². The van der Waals surface area contributed by atoms with E-state index in [0.717, 1.165) is 55.7 Å². The van der Waals surface area contributed by atoms with Gasteiger partial charge in [0, 0.05) is 11.1 Å². The molecule has 0 aliphatic heterocycles. The number of benzene rings is 1. The summed E-state index contributed by atoms with van der Waals surface area (Å²) in [5.74, 6) is 1.62. The van der Waals surface area contributed by atoms with E-state index in [0.29, 0.717) is 11.1 Å². The molecule has 20 heavy (non-hydrogen) atoms. The van der Waals surface area contributed by atoms with Crippen molar-refractivity contribution in [3.63, 3.8) is 0 Å². The lowest BCUT2D eigenvalue weighted by Crippen LogP contribution is -2.13. The van der Waals surface area contributed by atoms with Crippen LogP contribution in [0.2, 0.25) is 5.02 Å². The maximum absolute atomic E-state index is 6.20. The van der Waals surface area contributed by atoms with Crippen molar-refractivity contribution >= 4 is 11.6 Å². The first kappa shape index (κ1) is 15.5. The van der Waals surface area contributed by atoms with Crippen LogP contribution in [-0.2, 0) is 6.42 Å². The van der Waals surface area contributed by atoms with Crippen LogP contribution in [-0.4, -0.2) is 19.8 Å². The molecule has 112 valence electrons. The van der Waals surface area contributed by atoms with Gasteiger partial charge in [0.05, 0.1) is 13.2 Å².